The molecule has 0 aliphatic carbocycles. The molecule has 1 aromatic carbocycles. The Kier molecular flexibility index (Phi) is 4.43. The van der Waals surface area contributed by atoms with E-state index in [1.807, 2.05) is 36.5 Å². The van der Waals surface area contributed by atoms with Crippen LogP contribution in [0.4, 0.5) is 0 Å². The van der Waals surface area contributed by atoms with Crippen molar-refractivity contribution in [3.05, 3.63) is 48.3 Å². The number of hydrogen-bond acceptors (Lipinski definition) is 3. The number of carbonyl (C=O) groups is 1. The first kappa shape index (κ1) is 15.3. The standard InChI is InChI=1S/C16H21N3O2/c1-16(2,21)12-18(3)15(20)11-13-5-7-14(8-6-13)19-10-4-9-17-19/h4-10,21H,11-12H2,1-3H3. The van der Waals surface area contributed by atoms with E-state index in [1.54, 1.807) is 36.7 Å². The molecule has 0 spiro atoms. The Balaban J connectivity index is 1.99. The minimum absolute atomic E-state index is 0.0102. The zero-order chi connectivity index (χ0) is 15.5. The van der Waals surface area contributed by atoms with Gasteiger partial charge in [-0.3, -0.25) is 4.79 Å². The number of amides is 1. The van der Waals surface area contributed by atoms with Crippen LogP contribution in [0, 0.1) is 0 Å². The summed E-state index contributed by atoms with van der Waals surface area (Å²) in [4.78, 5) is 13.7. The quantitative estimate of drug-likeness (QED) is 0.909. The molecular formula is C16H21N3O2. The molecule has 0 saturated carbocycles. The number of aromatic nitrogens is 2. The summed E-state index contributed by atoms with van der Waals surface area (Å²) < 4.78 is 1.77. The van der Waals surface area contributed by atoms with Gasteiger partial charge in [0.25, 0.3) is 0 Å². The van der Waals surface area contributed by atoms with E-state index in [-0.39, 0.29) is 5.91 Å². The van der Waals surface area contributed by atoms with E-state index in [4.69, 9.17) is 0 Å². The molecule has 1 amide bonds. The predicted octanol–water partition coefficient (Wildman–Crippen LogP) is 1.64. The predicted molar refractivity (Wildman–Crippen MR) is 81.2 cm³/mol. The summed E-state index contributed by atoms with van der Waals surface area (Å²) in [5.41, 5.74) is 1.02. The average molecular weight is 287 g/mol. The molecule has 21 heavy (non-hydrogen) atoms. The first-order valence-corrected chi connectivity index (χ1v) is 6.90. The molecule has 0 atom stereocenters. The Bertz CT molecular complexity index is 583. The Morgan fingerprint density at radius 3 is 2.52 bits per heavy atom. The number of aliphatic hydroxyl groups is 1. The molecule has 0 fully saturated rings. The van der Waals surface area contributed by atoms with Gasteiger partial charge in [0.05, 0.1) is 17.7 Å². The van der Waals surface area contributed by atoms with Crippen molar-refractivity contribution in [2.75, 3.05) is 13.6 Å². The van der Waals surface area contributed by atoms with Gasteiger partial charge in [0.15, 0.2) is 0 Å². The van der Waals surface area contributed by atoms with Crippen molar-refractivity contribution in [3.63, 3.8) is 0 Å². The van der Waals surface area contributed by atoms with Gasteiger partial charge in [-0.05, 0) is 37.6 Å². The van der Waals surface area contributed by atoms with Gasteiger partial charge >= 0.3 is 0 Å². The van der Waals surface area contributed by atoms with Gasteiger partial charge in [-0.15, -0.1) is 0 Å². The highest BCUT2D eigenvalue weighted by Crippen LogP contribution is 2.11. The van der Waals surface area contributed by atoms with E-state index in [9.17, 15) is 9.90 Å². The molecule has 0 radical (unpaired) electrons. The lowest BCUT2D eigenvalue weighted by Gasteiger charge is -2.25. The second-order valence-electron chi connectivity index (χ2n) is 5.86. The van der Waals surface area contributed by atoms with Crippen molar-refractivity contribution in [1.29, 1.82) is 0 Å². The molecule has 1 heterocycles. The maximum atomic E-state index is 12.1. The SMILES string of the molecule is CN(CC(C)(C)O)C(=O)Cc1ccc(-n2cccn2)cc1. The van der Waals surface area contributed by atoms with Crippen LogP contribution in [-0.2, 0) is 11.2 Å². The summed E-state index contributed by atoms with van der Waals surface area (Å²) in [7, 11) is 1.71. The number of nitrogens with zero attached hydrogens (tertiary/aromatic N) is 3. The molecule has 2 aromatic rings. The maximum Gasteiger partial charge on any atom is 0.226 e. The van der Waals surface area contributed by atoms with E-state index in [2.05, 4.69) is 5.10 Å². The molecule has 0 saturated heterocycles. The van der Waals surface area contributed by atoms with E-state index >= 15 is 0 Å². The van der Waals surface area contributed by atoms with E-state index < -0.39 is 5.60 Å². The Hall–Kier alpha value is -2.14. The van der Waals surface area contributed by atoms with Gasteiger partial charge in [-0.25, -0.2) is 4.68 Å². The van der Waals surface area contributed by atoms with E-state index in [0.29, 0.717) is 13.0 Å². The lowest BCUT2D eigenvalue weighted by atomic mass is 10.1. The van der Waals surface area contributed by atoms with Gasteiger partial charge in [0.1, 0.15) is 0 Å². The highest BCUT2D eigenvalue weighted by molar-refractivity contribution is 5.78. The number of carbonyl (C=O) groups excluding carboxylic acids is 1. The highest BCUT2D eigenvalue weighted by atomic mass is 16.3. The second-order valence-corrected chi connectivity index (χ2v) is 5.86. The molecule has 0 bridgehead atoms. The van der Waals surface area contributed by atoms with Crippen LogP contribution in [-0.4, -0.2) is 44.9 Å². The van der Waals surface area contributed by atoms with Crippen LogP contribution in [0.3, 0.4) is 0 Å². The summed E-state index contributed by atoms with van der Waals surface area (Å²) in [6.07, 6.45) is 3.92. The molecule has 1 aromatic heterocycles. The van der Waals surface area contributed by atoms with Crippen molar-refractivity contribution >= 4 is 5.91 Å². The molecule has 2 rings (SSSR count). The topological polar surface area (TPSA) is 58.4 Å². The highest BCUT2D eigenvalue weighted by Gasteiger charge is 2.19. The fraction of sp³-hybridized carbons (Fsp3) is 0.375. The zero-order valence-corrected chi connectivity index (χ0v) is 12.7. The third kappa shape index (κ3) is 4.43. The molecule has 112 valence electrons. The summed E-state index contributed by atoms with van der Waals surface area (Å²) in [5, 5.41) is 13.9. The molecule has 5 nitrogen and oxygen atoms in total. The van der Waals surface area contributed by atoms with E-state index in [0.717, 1.165) is 11.3 Å². The van der Waals surface area contributed by atoms with Crippen molar-refractivity contribution in [3.8, 4) is 5.69 Å². The van der Waals surface area contributed by atoms with Crippen LogP contribution in [0.2, 0.25) is 0 Å². The van der Waals surface area contributed by atoms with Crippen LogP contribution >= 0.6 is 0 Å². The normalized spacial score (nSPS) is 11.4. The van der Waals surface area contributed by atoms with Crippen molar-refractivity contribution in [2.45, 2.75) is 25.9 Å². The van der Waals surface area contributed by atoms with E-state index in [1.165, 1.54) is 0 Å². The fourth-order valence-electron chi connectivity index (χ4n) is 2.17. The molecular weight excluding hydrogens is 266 g/mol. The zero-order valence-electron chi connectivity index (χ0n) is 12.7. The summed E-state index contributed by atoms with van der Waals surface area (Å²) in [6.45, 7) is 3.70. The van der Waals surface area contributed by atoms with Crippen LogP contribution < -0.4 is 0 Å². The largest absolute Gasteiger partial charge is 0.389 e. The Morgan fingerprint density at radius 2 is 2.00 bits per heavy atom. The first-order chi connectivity index (χ1) is 9.85. The molecule has 0 aliphatic heterocycles. The molecule has 1 N–H and O–H groups in total. The van der Waals surface area contributed by atoms with Crippen molar-refractivity contribution in [1.82, 2.24) is 14.7 Å². The average Bonchev–Trinajstić information content (AvgIpc) is 2.91. The lowest BCUT2D eigenvalue weighted by Crippen LogP contribution is -2.40. The third-order valence-corrected chi connectivity index (χ3v) is 3.11. The number of hydrogen-bond donors (Lipinski definition) is 1. The molecule has 0 unspecified atom stereocenters. The van der Waals surface area contributed by atoms with Crippen LogP contribution in [0.15, 0.2) is 42.7 Å². The van der Waals surface area contributed by atoms with Gasteiger partial charge < -0.3 is 10.0 Å². The van der Waals surface area contributed by atoms with Gasteiger partial charge in [-0.2, -0.15) is 5.10 Å². The van der Waals surface area contributed by atoms with Crippen molar-refractivity contribution in [2.24, 2.45) is 0 Å². The monoisotopic (exact) mass is 287 g/mol. The smallest absolute Gasteiger partial charge is 0.226 e. The lowest BCUT2D eigenvalue weighted by molar-refractivity contribution is -0.131. The van der Waals surface area contributed by atoms with Crippen LogP contribution in [0.25, 0.3) is 5.69 Å². The van der Waals surface area contributed by atoms with Crippen molar-refractivity contribution < 1.29 is 9.90 Å². The molecule has 0 aliphatic rings. The summed E-state index contributed by atoms with van der Waals surface area (Å²) in [6, 6.07) is 9.58. The number of rotatable bonds is 5. The second kappa shape index (κ2) is 6.10. The third-order valence-electron chi connectivity index (χ3n) is 3.11. The minimum atomic E-state index is -0.881. The Labute approximate surface area is 124 Å². The Morgan fingerprint density at radius 1 is 1.33 bits per heavy atom. The fourth-order valence-corrected chi connectivity index (χ4v) is 2.17. The van der Waals surface area contributed by atoms with Gasteiger partial charge in [0.2, 0.25) is 5.91 Å². The minimum Gasteiger partial charge on any atom is -0.389 e. The summed E-state index contributed by atoms with van der Waals surface area (Å²) >= 11 is 0. The summed E-state index contributed by atoms with van der Waals surface area (Å²) in [5.74, 6) is -0.0102. The van der Waals surface area contributed by atoms with Gasteiger partial charge in [-0.1, -0.05) is 12.1 Å². The number of likely N-dealkylation sites (N-methyl/N-ethyl adjacent to an activating group) is 1. The van der Waals surface area contributed by atoms with Crippen LogP contribution in [0.1, 0.15) is 19.4 Å². The van der Waals surface area contributed by atoms with Gasteiger partial charge in [0, 0.05) is 26.0 Å². The van der Waals surface area contributed by atoms with Crippen LogP contribution in [0.5, 0.6) is 0 Å². The molecule has 5 heteroatoms. The first-order valence-electron chi connectivity index (χ1n) is 6.90. The maximum absolute atomic E-state index is 12.1. The number of benzene rings is 1.